The number of nitrogens with one attached hydrogen (secondary N) is 2. The average molecular weight is 399 g/mol. The molecule has 1 fully saturated rings. The molecule has 0 bridgehead atoms. The van der Waals surface area contributed by atoms with E-state index in [1.165, 1.54) is 0 Å². The van der Waals surface area contributed by atoms with Gasteiger partial charge in [0, 0.05) is 43.6 Å². The molecule has 7 heteroatoms. The van der Waals surface area contributed by atoms with Crippen molar-refractivity contribution in [3.63, 3.8) is 0 Å². The molecule has 0 spiro atoms. The molecule has 3 rings (SSSR count). The molecule has 3 N–H and O–H groups in total. The van der Waals surface area contributed by atoms with E-state index in [1.807, 2.05) is 25.2 Å². The maximum absolute atomic E-state index is 12.4. The van der Waals surface area contributed by atoms with E-state index in [-0.39, 0.29) is 12.1 Å². The van der Waals surface area contributed by atoms with Crippen molar-refractivity contribution in [2.45, 2.75) is 50.7 Å². The van der Waals surface area contributed by atoms with Crippen LogP contribution in [0.4, 0.5) is 0 Å². The molecule has 0 radical (unpaired) electrons. The fraction of sp³-hybridized carbons (Fsp3) is 0.500. The third-order valence-electron chi connectivity index (χ3n) is 5.49. The number of hydrogen-bond acceptors (Lipinski definition) is 5. The molecule has 0 saturated heterocycles. The van der Waals surface area contributed by atoms with E-state index in [2.05, 4.69) is 20.2 Å². The number of H-pyrrole nitrogens is 1. The van der Waals surface area contributed by atoms with Gasteiger partial charge >= 0.3 is 0 Å². The number of amides is 1. The Hall–Kier alpha value is -2.51. The number of aromatic nitrogens is 2. The van der Waals surface area contributed by atoms with Crippen LogP contribution in [0.2, 0.25) is 0 Å². The molecular weight excluding hydrogens is 368 g/mol. The Morgan fingerprint density at radius 2 is 2.03 bits per heavy atom. The number of carbonyl (C=O) groups is 1. The number of carbonyl (C=O) groups excluding carboxylic acids is 1. The summed E-state index contributed by atoms with van der Waals surface area (Å²) in [7, 11) is 1.98. The molecule has 0 aromatic carbocycles. The van der Waals surface area contributed by atoms with Crippen molar-refractivity contribution in [1.82, 2.24) is 20.2 Å². The van der Waals surface area contributed by atoms with E-state index in [9.17, 15) is 14.7 Å². The first-order chi connectivity index (χ1) is 14.0. The van der Waals surface area contributed by atoms with E-state index in [0.717, 1.165) is 43.6 Å². The minimum Gasteiger partial charge on any atom is -0.388 e. The van der Waals surface area contributed by atoms with E-state index >= 15 is 0 Å². The zero-order valence-corrected chi connectivity index (χ0v) is 17.0. The minimum atomic E-state index is -0.850. The summed E-state index contributed by atoms with van der Waals surface area (Å²) >= 11 is 0. The van der Waals surface area contributed by atoms with Gasteiger partial charge in [-0.25, -0.2) is 0 Å². The second kappa shape index (κ2) is 9.80. The van der Waals surface area contributed by atoms with Crippen molar-refractivity contribution in [2.24, 2.45) is 0 Å². The van der Waals surface area contributed by atoms with Gasteiger partial charge in [-0.3, -0.25) is 14.6 Å². The van der Waals surface area contributed by atoms with Crippen LogP contribution in [0.25, 0.3) is 0 Å². The molecule has 156 valence electrons. The highest BCUT2D eigenvalue weighted by Gasteiger charge is 2.29. The maximum Gasteiger partial charge on any atom is 0.261 e. The van der Waals surface area contributed by atoms with Crippen LogP contribution in [0, 0.1) is 0 Å². The quantitative estimate of drug-likeness (QED) is 0.631. The smallest absolute Gasteiger partial charge is 0.261 e. The summed E-state index contributed by atoms with van der Waals surface area (Å²) < 4.78 is 0. The van der Waals surface area contributed by atoms with Crippen LogP contribution in [0.5, 0.6) is 0 Å². The number of rotatable bonds is 8. The van der Waals surface area contributed by atoms with Gasteiger partial charge in [-0.05, 0) is 44.2 Å². The molecule has 1 aliphatic carbocycles. The van der Waals surface area contributed by atoms with Crippen molar-refractivity contribution in [2.75, 3.05) is 20.1 Å². The molecule has 2 heterocycles. The molecule has 1 saturated carbocycles. The van der Waals surface area contributed by atoms with Gasteiger partial charge in [0.2, 0.25) is 0 Å². The lowest BCUT2D eigenvalue weighted by atomic mass is 9.85. The standard InChI is InChI=1S/C22H30N4O3/c1-26(14-10-17-7-3-6-13-23-17)15-18-8-9-19(21(28)25-18)20(27)24-16-22(29)11-4-2-5-12-22/h3,6-9,13,29H,2,4-5,10-12,14-16H2,1H3,(H,24,27)(H,25,28). The predicted octanol–water partition coefficient (Wildman–Crippen LogP) is 1.87. The van der Waals surface area contributed by atoms with E-state index in [1.54, 1.807) is 18.3 Å². The zero-order valence-electron chi connectivity index (χ0n) is 17.0. The summed E-state index contributed by atoms with van der Waals surface area (Å²) in [6, 6.07) is 9.18. The Bertz CT molecular complexity index is 860. The van der Waals surface area contributed by atoms with Gasteiger partial charge in [-0.15, -0.1) is 0 Å². The molecule has 1 amide bonds. The summed E-state index contributed by atoms with van der Waals surface area (Å²) in [4.78, 5) is 34.0. The largest absolute Gasteiger partial charge is 0.388 e. The lowest BCUT2D eigenvalue weighted by Crippen LogP contribution is -2.45. The van der Waals surface area contributed by atoms with Crippen molar-refractivity contribution >= 4 is 5.91 Å². The van der Waals surface area contributed by atoms with Crippen LogP contribution in [0.1, 0.15) is 53.8 Å². The number of aliphatic hydroxyl groups is 1. The summed E-state index contributed by atoms with van der Waals surface area (Å²) in [6.45, 7) is 1.56. The lowest BCUT2D eigenvalue weighted by molar-refractivity contribution is 0.00524. The second-order valence-corrected chi connectivity index (χ2v) is 8.00. The monoisotopic (exact) mass is 398 g/mol. The Balaban J connectivity index is 1.52. The highest BCUT2D eigenvalue weighted by molar-refractivity contribution is 5.93. The zero-order chi connectivity index (χ0) is 20.7. The molecule has 7 nitrogen and oxygen atoms in total. The summed E-state index contributed by atoms with van der Waals surface area (Å²) in [5, 5.41) is 13.2. The Kier molecular flexibility index (Phi) is 7.17. The maximum atomic E-state index is 12.4. The van der Waals surface area contributed by atoms with Crippen LogP contribution in [-0.2, 0) is 13.0 Å². The predicted molar refractivity (Wildman–Crippen MR) is 112 cm³/mol. The van der Waals surface area contributed by atoms with Crippen molar-refractivity contribution in [3.05, 3.63) is 63.8 Å². The average Bonchev–Trinajstić information content (AvgIpc) is 2.72. The van der Waals surface area contributed by atoms with Gasteiger partial charge in [-0.1, -0.05) is 25.3 Å². The highest BCUT2D eigenvalue weighted by atomic mass is 16.3. The molecule has 0 unspecified atom stereocenters. The summed E-state index contributed by atoms with van der Waals surface area (Å²) in [6.07, 6.45) is 7.04. The summed E-state index contributed by atoms with van der Waals surface area (Å²) in [5.41, 5.74) is 0.593. The van der Waals surface area contributed by atoms with E-state index < -0.39 is 17.1 Å². The molecule has 0 atom stereocenters. The van der Waals surface area contributed by atoms with Crippen molar-refractivity contribution < 1.29 is 9.90 Å². The number of aromatic amines is 1. The van der Waals surface area contributed by atoms with Gasteiger partial charge in [0.15, 0.2) is 0 Å². The topological polar surface area (TPSA) is 98.3 Å². The van der Waals surface area contributed by atoms with E-state index in [0.29, 0.717) is 19.4 Å². The van der Waals surface area contributed by atoms with Crippen LogP contribution < -0.4 is 10.9 Å². The van der Waals surface area contributed by atoms with Gasteiger partial charge in [0.05, 0.1) is 5.60 Å². The molecule has 2 aromatic heterocycles. The minimum absolute atomic E-state index is 0.0734. The van der Waals surface area contributed by atoms with Crippen LogP contribution >= 0.6 is 0 Å². The van der Waals surface area contributed by atoms with Gasteiger partial charge in [-0.2, -0.15) is 0 Å². The van der Waals surface area contributed by atoms with E-state index in [4.69, 9.17) is 0 Å². The number of nitrogens with zero attached hydrogens (tertiary/aromatic N) is 2. The third-order valence-corrected chi connectivity index (χ3v) is 5.49. The van der Waals surface area contributed by atoms with Crippen LogP contribution in [-0.4, -0.2) is 51.6 Å². The lowest BCUT2D eigenvalue weighted by Gasteiger charge is -2.32. The number of hydrogen-bond donors (Lipinski definition) is 3. The molecule has 29 heavy (non-hydrogen) atoms. The normalized spacial score (nSPS) is 16.0. The van der Waals surface area contributed by atoms with Gasteiger partial charge in [0.25, 0.3) is 11.5 Å². The van der Waals surface area contributed by atoms with Gasteiger partial charge in [0.1, 0.15) is 5.56 Å². The fourth-order valence-corrected chi connectivity index (χ4v) is 3.73. The number of pyridine rings is 2. The van der Waals surface area contributed by atoms with Crippen LogP contribution in [0.3, 0.4) is 0 Å². The first-order valence-corrected chi connectivity index (χ1v) is 10.3. The van der Waals surface area contributed by atoms with Crippen molar-refractivity contribution in [3.8, 4) is 0 Å². The summed E-state index contributed by atoms with van der Waals surface area (Å²) in [5.74, 6) is -0.444. The second-order valence-electron chi connectivity index (χ2n) is 8.00. The third kappa shape index (κ3) is 6.24. The van der Waals surface area contributed by atoms with Crippen molar-refractivity contribution in [1.29, 1.82) is 0 Å². The SMILES string of the molecule is CN(CCc1ccccn1)Cc1ccc(C(=O)NCC2(O)CCCCC2)c(=O)[nH]1. The first kappa shape index (κ1) is 21.2. The molecule has 0 aliphatic heterocycles. The Labute approximate surface area is 171 Å². The number of likely N-dealkylation sites (N-methyl/N-ethyl adjacent to an activating group) is 1. The molecule has 1 aliphatic rings. The Morgan fingerprint density at radius 1 is 1.24 bits per heavy atom. The fourth-order valence-electron chi connectivity index (χ4n) is 3.73. The molecule has 2 aromatic rings. The molecular formula is C22H30N4O3. The first-order valence-electron chi connectivity index (χ1n) is 10.3. The highest BCUT2D eigenvalue weighted by Crippen LogP contribution is 2.27. The van der Waals surface area contributed by atoms with Gasteiger partial charge < -0.3 is 20.3 Å². The Morgan fingerprint density at radius 3 is 2.72 bits per heavy atom. The van der Waals surface area contributed by atoms with Crippen LogP contribution in [0.15, 0.2) is 41.3 Å².